The van der Waals surface area contributed by atoms with E-state index >= 15 is 0 Å². The molecule has 0 fully saturated rings. The van der Waals surface area contributed by atoms with Crippen LogP contribution in [0.3, 0.4) is 0 Å². The lowest BCUT2D eigenvalue weighted by atomic mass is 10.1. The molecule has 102 valence electrons. The van der Waals surface area contributed by atoms with Gasteiger partial charge in [-0.1, -0.05) is 50.8 Å². The summed E-state index contributed by atoms with van der Waals surface area (Å²) < 4.78 is 0. The molecule has 3 nitrogen and oxygen atoms in total. The van der Waals surface area contributed by atoms with Crippen LogP contribution in [0, 0.1) is 0 Å². The fourth-order valence-corrected chi connectivity index (χ4v) is 2.35. The Morgan fingerprint density at radius 3 is 2.63 bits per heavy atom. The molecular weight excluding hydrogens is 236 g/mol. The summed E-state index contributed by atoms with van der Waals surface area (Å²) in [6.45, 7) is 2.21. The Balaban J connectivity index is 2.12. The predicted octanol–water partition coefficient (Wildman–Crippen LogP) is 4.04. The Morgan fingerprint density at radius 2 is 1.84 bits per heavy atom. The molecule has 0 aliphatic carbocycles. The molecule has 1 aromatic carbocycles. The highest BCUT2D eigenvalue weighted by molar-refractivity contribution is 5.93. The van der Waals surface area contributed by atoms with Crippen LogP contribution >= 0.6 is 0 Å². The van der Waals surface area contributed by atoms with Gasteiger partial charge in [-0.25, -0.2) is 4.98 Å². The summed E-state index contributed by atoms with van der Waals surface area (Å²) in [5, 5.41) is 10.9. The third kappa shape index (κ3) is 3.16. The Hall–Kier alpha value is -1.77. The van der Waals surface area contributed by atoms with Crippen LogP contribution < -0.4 is 5.73 Å². The van der Waals surface area contributed by atoms with Crippen molar-refractivity contribution in [3.63, 3.8) is 0 Å². The molecule has 19 heavy (non-hydrogen) atoms. The second kappa shape index (κ2) is 6.41. The van der Waals surface area contributed by atoms with Crippen molar-refractivity contribution in [2.24, 2.45) is 0 Å². The summed E-state index contributed by atoms with van der Waals surface area (Å²) in [5.41, 5.74) is 8.03. The maximum Gasteiger partial charge on any atom is 0.160 e. The quantitative estimate of drug-likeness (QED) is 0.769. The second-order valence-corrected chi connectivity index (χ2v) is 5.00. The van der Waals surface area contributed by atoms with E-state index in [2.05, 4.69) is 11.9 Å². The Morgan fingerprint density at radius 1 is 1.11 bits per heavy atom. The zero-order valence-electron chi connectivity index (χ0n) is 11.5. The van der Waals surface area contributed by atoms with Crippen molar-refractivity contribution >= 4 is 16.6 Å². The normalized spacial score (nSPS) is 11.0. The van der Waals surface area contributed by atoms with Gasteiger partial charge in [0.05, 0.1) is 16.9 Å². The summed E-state index contributed by atoms with van der Waals surface area (Å²) in [5.74, 6) is 0.161. The summed E-state index contributed by atoms with van der Waals surface area (Å²) in [4.78, 5) is 4.52. The molecule has 0 amide bonds. The lowest BCUT2D eigenvalue weighted by molar-refractivity contribution is 0.465. The molecular formula is C16H22N2O. The molecule has 0 aliphatic rings. The van der Waals surface area contributed by atoms with E-state index in [-0.39, 0.29) is 5.75 Å². The number of nitrogens with zero attached hydrogens (tertiary/aromatic N) is 1. The predicted molar refractivity (Wildman–Crippen MR) is 80.3 cm³/mol. The van der Waals surface area contributed by atoms with Gasteiger partial charge >= 0.3 is 0 Å². The Labute approximate surface area is 114 Å². The first-order valence-corrected chi connectivity index (χ1v) is 7.10. The van der Waals surface area contributed by atoms with Gasteiger partial charge in [-0.05, 0) is 18.9 Å². The third-order valence-corrected chi connectivity index (χ3v) is 3.50. The van der Waals surface area contributed by atoms with Gasteiger partial charge in [0.1, 0.15) is 0 Å². The summed E-state index contributed by atoms with van der Waals surface area (Å²) in [7, 11) is 0. The molecule has 2 rings (SSSR count). The van der Waals surface area contributed by atoms with Gasteiger partial charge in [0.25, 0.3) is 0 Å². The molecule has 2 aromatic rings. The van der Waals surface area contributed by atoms with Crippen molar-refractivity contribution < 1.29 is 5.11 Å². The van der Waals surface area contributed by atoms with Gasteiger partial charge in [-0.15, -0.1) is 0 Å². The van der Waals surface area contributed by atoms with Crippen molar-refractivity contribution in [2.45, 2.75) is 45.4 Å². The number of benzene rings is 1. The molecule has 1 aromatic heterocycles. The van der Waals surface area contributed by atoms with E-state index in [9.17, 15) is 5.11 Å². The number of aromatic hydroxyl groups is 1. The monoisotopic (exact) mass is 258 g/mol. The average molecular weight is 258 g/mol. The van der Waals surface area contributed by atoms with Crippen LogP contribution in [0.25, 0.3) is 10.9 Å². The van der Waals surface area contributed by atoms with Crippen LogP contribution in [0.15, 0.2) is 24.3 Å². The van der Waals surface area contributed by atoms with Crippen molar-refractivity contribution in [1.82, 2.24) is 4.98 Å². The molecule has 0 saturated heterocycles. The standard InChI is InChI=1S/C16H22N2O/c1-2-3-4-5-6-11-14-16(19)15(17)12-9-7-8-10-13(12)18-14/h7-10,19H,2-6,11H2,1H3,(H2,17,18). The summed E-state index contributed by atoms with van der Waals surface area (Å²) in [6.07, 6.45) is 6.80. The minimum absolute atomic E-state index is 0.161. The van der Waals surface area contributed by atoms with E-state index in [1.54, 1.807) is 0 Å². The number of nitrogen functional groups attached to an aromatic ring is 1. The van der Waals surface area contributed by atoms with Crippen molar-refractivity contribution in [2.75, 3.05) is 5.73 Å². The van der Waals surface area contributed by atoms with Gasteiger partial charge in [0.15, 0.2) is 5.75 Å². The number of aromatic nitrogens is 1. The van der Waals surface area contributed by atoms with E-state index < -0.39 is 0 Å². The topological polar surface area (TPSA) is 59.1 Å². The minimum atomic E-state index is 0.161. The highest BCUT2D eigenvalue weighted by Crippen LogP contribution is 2.32. The molecule has 0 atom stereocenters. The smallest absolute Gasteiger partial charge is 0.160 e. The summed E-state index contributed by atoms with van der Waals surface area (Å²) in [6, 6.07) is 7.68. The first-order valence-electron chi connectivity index (χ1n) is 7.10. The van der Waals surface area contributed by atoms with E-state index in [4.69, 9.17) is 5.73 Å². The average Bonchev–Trinajstić information content (AvgIpc) is 2.44. The zero-order valence-corrected chi connectivity index (χ0v) is 11.5. The number of anilines is 1. The highest BCUT2D eigenvalue weighted by atomic mass is 16.3. The number of unbranched alkanes of at least 4 members (excludes halogenated alkanes) is 4. The number of fused-ring (bicyclic) bond motifs is 1. The molecule has 0 aliphatic heterocycles. The Bertz CT molecular complexity index is 552. The molecule has 0 bridgehead atoms. The van der Waals surface area contributed by atoms with Crippen LogP contribution in [0.2, 0.25) is 0 Å². The molecule has 0 spiro atoms. The molecule has 0 unspecified atom stereocenters. The third-order valence-electron chi connectivity index (χ3n) is 3.50. The number of pyridine rings is 1. The van der Waals surface area contributed by atoms with Gasteiger partial charge in [-0.2, -0.15) is 0 Å². The number of aryl methyl sites for hydroxylation is 1. The van der Waals surface area contributed by atoms with Crippen LogP contribution in [0.4, 0.5) is 5.69 Å². The van der Waals surface area contributed by atoms with Crippen molar-refractivity contribution in [1.29, 1.82) is 0 Å². The number of hydrogen-bond donors (Lipinski definition) is 2. The SMILES string of the molecule is CCCCCCCc1nc2ccccc2c(N)c1O. The largest absolute Gasteiger partial charge is 0.504 e. The maximum absolute atomic E-state index is 10.1. The first-order chi connectivity index (χ1) is 9.24. The first kappa shape index (κ1) is 13.7. The number of hydrogen-bond acceptors (Lipinski definition) is 3. The Kier molecular flexibility index (Phi) is 4.61. The molecule has 0 saturated carbocycles. The fourth-order valence-electron chi connectivity index (χ4n) is 2.35. The van der Waals surface area contributed by atoms with Gasteiger partial charge in [0, 0.05) is 5.39 Å². The van der Waals surface area contributed by atoms with Gasteiger partial charge in [0.2, 0.25) is 0 Å². The molecule has 3 heteroatoms. The van der Waals surface area contributed by atoms with Crippen molar-refractivity contribution in [3.05, 3.63) is 30.0 Å². The fraction of sp³-hybridized carbons (Fsp3) is 0.438. The number of nitrogens with two attached hydrogens (primary N) is 1. The van der Waals surface area contributed by atoms with Gasteiger partial charge < -0.3 is 10.8 Å². The summed E-state index contributed by atoms with van der Waals surface area (Å²) >= 11 is 0. The molecule has 3 N–H and O–H groups in total. The van der Waals surface area contributed by atoms with E-state index in [0.717, 1.165) is 29.4 Å². The van der Waals surface area contributed by atoms with Crippen LogP contribution in [0.1, 0.15) is 44.7 Å². The number of rotatable bonds is 6. The van der Waals surface area contributed by atoms with E-state index in [0.29, 0.717) is 5.69 Å². The van der Waals surface area contributed by atoms with Crippen molar-refractivity contribution in [3.8, 4) is 5.75 Å². The van der Waals surface area contributed by atoms with Crippen LogP contribution in [0.5, 0.6) is 5.75 Å². The maximum atomic E-state index is 10.1. The molecule has 1 heterocycles. The van der Waals surface area contributed by atoms with Crippen LogP contribution in [-0.4, -0.2) is 10.1 Å². The lowest BCUT2D eigenvalue weighted by Gasteiger charge is -2.09. The van der Waals surface area contributed by atoms with Crippen LogP contribution in [-0.2, 0) is 6.42 Å². The molecule has 0 radical (unpaired) electrons. The highest BCUT2D eigenvalue weighted by Gasteiger charge is 2.11. The van der Waals surface area contributed by atoms with E-state index in [1.807, 2.05) is 24.3 Å². The lowest BCUT2D eigenvalue weighted by Crippen LogP contribution is -1.98. The zero-order chi connectivity index (χ0) is 13.7. The second-order valence-electron chi connectivity index (χ2n) is 5.00. The van der Waals surface area contributed by atoms with Gasteiger partial charge in [-0.3, -0.25) is 0 Å². The van der Waals surface area contributed by atoms with E-state index in [1.165, 1.54) is 25.7 Å². The number of para-hydroxylation sites is 1. The minimum Gasteiger partial charge on any atom is -0.504 e.